The molecule has 0 amide bonds. The molecule has 0 bridgehead atoms. The molecule has 0 aromatic carbocycles. The summed E-state index contributed by atoms with van der Waals surface area (Å²) in [7, 11) is -3.10. The summed E-state index contributed by atoms with van der Waals surface area (Å²) >= 11 is 0. The molecule has 1 saturated carbocycles. The predicted molar refractivity (Wildman–Crippen MR) is 91.4 cm³/mol. The minimum absolute atomic E-state index is 0.0485. The maximum absolute atomic E-state index is 12.2. The van der Waals surface area contributed by atoms with Gasteiger partial charge in [0.1, 0.15) is 0 Å². The Morgan fingerprint density at radius 2 is 1.88 bits per heavy atom. The van der Waals surface area contributed by atoms with Gasteiger partial charge in [0, 0.05) is 45.5 Å². The van der Waals surface area contributed by atoms with Gasteiger partial charge in [-0.1, -0.05) is 0 Å². The van der Waals surface area contributed by atoms with Gasteiger partial charge in [-0.05, 0) is 50.9 Å². The third-order valence-corrected chi connectivity index (χ3v) is 8.05. The van der Waals surface area contributed by atoms with E-state index in [-0.39, 0.29) is 16.9 Å². The summed E-state index contributed by atoms with van der Waals surface area (Å²) in [5.74, 6) is 0.738. The molecule has 4 fully saturated rings. The molecule has 3 saturated heterocycles. The number of sulfonamides is 1. The highest BCUT2D eigenvalue weighted by molar-refractivity contribution is 7.90. The Bertz CT molecular complexity index is 545. The molecule has 4 aliphatic rings. The Hall–Kier alpha value is -0.210. The van der Waals surface area contributed by atoms with Crippen molar-refractivity contribution in [2.45, 2.75) is 61.8 Å². The van der Waals surface area contributed by atoms with E-state index < -0.39 is 10.0 Å². The smallest absolute Gasteiger partial charge is 0.214 e. The van der Waals surface area contributed by atoms with Crippen LogP contribution in [0, 0.1) is 5.92 Å². The fourth-order valence-corrected chi connectivity index (χ4v) is 6.11. The number of rotatable bonds is 5. The van der Waals surface area contributed by atoms with Crippen LogP contribution in [0.25, 0.3) is 0 Å². The van der Waals surface area contributed by atoms with Crippen molar-refractivity contribution in [3.63, 3.8) is 0 Å². The molecular formula is C17H30N2O4S. The number of nitrogens with zero attached hydrogens (tertiary/aromatic N) is 1. The van der Waals surface area contributed by atoms with Crippen molar-refractivity contribution in [3.8, 4) is 0 Å². The SMILES string of the molecule is O=S(=O)(N[C@@H]1CCO[C@]2(CCN(CC3CCOCC3)C2)C1)C1CC1. The van der Waals surface area contributed by atoms with Crippen LogP contribution in [-0.2, 0) is 19.5 Å². The molecule has 24 heavy (non-hydrogen) atoms. The van der Waals surface area contributed by atoms with Crippen LogP contribution in [0.4, 0.5) is 0 Å². The van der Waals surface area contributed by atoms with Gasteiger partial charge in [-0.15, -0.1) is 0 Å². The van der Waals surface area contributed by atoms with Gasteiger partial charge in [0.15, 0.2) is 0 Å². The van der Waals surface area contributed by atoms with E-state index in [2.05, 4.69) is 9.62 Å². The number of ether oxygens (including phenoxy) is 2. The summed E-state index contributed by atoms with van der Waals surface area (Å²) in [5, 5.41) is -0.134. The quantitative estimate of drug-likeness (QED) is 0.798. The van der Waals surface area contributed by atoms with E-state index in [4.69, 9.17) is 9.47 Å². The fourth-order valence-electron chi connectivity index (χ4n) is 4.50. The van der Waals surface area contributed by atoms with Gasteiger partial charge in [-0.25, -0.2) is 13.1 Å². The molecule has 1 aliphatic carbocycles. The summed E-state index contributed by atoms with van der Waals surface area (Å²) in [5.41, 5.74) is -0.139. The molecule has 4 rings (SSSR count). The predicted octanol–water partition coefficient (Wildman–Crippen LogP) is 1.12. The van der Waals surface area contributed by atoms with Gasteiger partial charge < -0.3 is 14.4 Å². The van der Waals surface area contributed by atoms with Crippen LogP contribution in [-0.4, -0.2) is 69.7 Å². The fraction of sp³-hybridized carbons (Fsp3) is 1.00. The highest BCUT2D eigenvalue weighted by atomic mass is 32.2. The zero-order valence-electron chi connectivity index (χ0n) is 14.4. The molecule has 0 aromatic heterocycles. The average molecular weight is 359 g/mol. The summed E-state index contributed by atoms with van der Waals surface area (Å²) in [6.45, 7) is 5.61. The number of likely N-dealkylation sites (tertiary alicyclic amines) is 1. The third kappa shape index (κ3) is 3.96. The minimum Gasteiger partial charge on any atom is -0.381 e. The normalized spacial score (nSPS) is 36.4. The molecule has 7 heteroatoms. The number of nitrogens with one attached hydrogen (secondary N) is 1. The second kappa shape index (κ2) is 6.83. The highest BCUT2D eigenvalue weighted by Crippen LogP contribution is 2.36. The van der Waals surface area contributed by atoms with E-state index in [0.29, 0.717) is 6.61 Å². The van der Waals surface area contributed by atoms with Gasteiger partial charge in [0.05, 0.1) is 10.9 Å². The van der Waals surface area contributed by atoms with Crippen molar-refractivity contribution in [3.05, 3.63) is 0 Å². The van der Waals surface area contributed by atoms with Crippen LogP contribution in [0.15, 0.2) is 0 Å². The van der Waals surface area contributed by atoms with Gasteiger partial charge in [0.25, 0.3) is 0 Å². The second-order valence-electron chi connectivity index (χ2n) is 8.12. The van der Waals surface area contributed by atoms with Crippen molar-refractivity contribution in [1.82, 2.24) is 9.62 Å². The van der Waals surface area contributed by atoms with Crippen LogP contribution < -0.4 is 4.72 Å². The van der Waals surface area contributed by atoms with Crippen molar-refractivity contribution in [2.24, 2.45) is 5.92 Å². The van der Waals surface area contributed by atoms with E-state index in [1.165, 1.54) is 0 Å². The molecule has 1 spiro atoms. The first-order chi connectivity index (χ1) is 11.5. The Labute approximate surface area is 145 Å². The molecule has 2 atom stereocenters. The lowest BCUT2D eigenvalue weighted by atomic mass is 9.90. The number of hydrogen-bond acceptors (Lipinski definition) is 5. The first-order valence-corrected chi connectivity index (χ1v) is 11.0. The first-order valence-electron chi connectivity index (χ1n) is 9.50. The molecule has 1 N–H and O–H groups in total. The molecule has 6 nitrogen and oxygen atoms in total. The van der Waals surface area contributed by atoms with Crippen molar-refractivity contribution in [2.75, 3.05) is 39.5 Å². The van der Waals surface area contributed by atoms with Crippen molar-refractivity contribution >= 4 is 10.0 Å². The molecule has 3 aliphatic heterocycles. The standard InChI is InChI=1S/C17H30N2O4S/c20-24(21,16-1-2-16)18-15-5-10-23-17(11-15)6-7-19(13-17)12-14-3-8-22-9-4-14/h14-16,18H,1-13H2/t15-,17-/m1/s1. The van der Waals surface area contributed by atoms with Crippen LogP contribution in [0.1, 0.15) is 44.9 Å². The first kappa shape index (κ1) is 17.2. The van der Waals surface area contributed by atoms with E-state index in [1.807, 2.05) is 0 Å². The largest absolute Gasteiger partial charge is 0.381 e. The van der Waals surface area contributed by atoms with E-state index >= 15 is 0 Å². The average Bonchev–Trinajstić information content (AvgIpc) is 3.34. The second-order valence-corrected chi connectivity index (χ2v) is 10.1. The Balaban J connectivity index is 1.31. The molecule has 138 valence electrons. The maximum atomic E-state index is 12.2. The molecule has 0 radical (unpaired) electrons. The van der Waals surface area contributed by atoms with E-state index in [9.17, 15) is 8.42 Å². The molecule has 0 unspecified atom stereocenters. The van der Waals surface area contributed by atoms with Gasteiger partial charge >= 0.3 is 0 Å². The van der Waals surface area contributed by atoms with Gasteiger partial charge in [-0.2, -0.15) is 0 Å². The minimum atomic E-state index is -3.10. The zero-order chi connectivity index (χ0) is 16.6. The number of hydrogen-bond donors (Lipinski definition) is 1. The Morgan fingerprint density at radius 3 is 2.62 bits per heavy atom. The van der Waals surface area contributed by atoms with Crippen LogP contribution in [0.3, 0.4) is 0 Å². The Kier molecular flexibility index (Phi) is 4.90. The molecule has 0 aromatic rings. The topological polar surface area (TPSA) is 67.9 Å². The van der Waals surface area contributed by atoms with Crippen LogP contribution in [0.2, 0.25) is 0 Å². The third-order valence-electron chi connectivity index (χ3n) is 6.04. The lowest BCUT2D eigenvalue weighted by Crippen LogP contribution is -2.50. The summed E-state index contributed by atoms with van der Waals surface area (Å²) in [4.78, 5) is 2.52. The summed E-state index contributed by atoms with van der Waals surface area (Å²) in [6.07, 6.45) is 6.61. The van der Waals surface area contributed by atoms with Crippen molar-refractivity contribution < 1.29 is 17.9 Å². The van der Waals surface area contributed by atoms with Gasteiger partial charge in [0.2, 0.25) is 10.0 Å². The van der Waals surface area contributed by atoms with E-state index in [1.54, 1.807) is 0 Å². The lowest BCUT2D eigenvalue weighted by molar-refractivity contribution is -0.0785. The van der Waals surface area contributed by atoms with E-state index in [0.717, 1.165) is 83.7 Å². The van der Waals surface area contributed by atoms with Crippen LogP contribution in [0.5, 0.6) is 0 Å². The van der Waals surface area contributed by atoms with Crippen LogP contribution >= 0.6 is 0 Å². The monoisotopic (exact) mass is 358 g/mol. The molecule has 3 heterocycles. The zero-order valence-corrected chi connectivity index (χ0v) is 15.2. The lowest BCUT2D eigenvalue weighted by Gasteiger charge is -2.38. The molecular weight excluding hydrogens is 328 g/mol. The maximum Gasteiger partial charge on any atom is 0.214 e. The highest BCUT2D eigenvalue weighted by Gasteiger charge is 2.45. The summed E-state index contributed by atoms with van der Waals surface area (Å²) < 4.78 is 39.0. The summed E-state index contributed by atoms with van der Waals surface area (Å²) in [6, 6.07) is 0.0485. The Morgan fingerprint density at radius 1 is 1.08 bits per heavy atom. The van der Waals surface area contributed by atoms with Crippen molar-refractivity contribution in [1.29, 1.82) is 0 Å². The van der Waals surface area contributed by atoms with Gasteiger partial charge in [-0.3, -0.25) is 0 Å².